The van der Waals surface area contributed by atoms with E-state index >= 15 is 0 Å². The first-order valence-corrected chi connectivity index (χ1v) is 12.4. The Balaban J connectivity index is 1.61. The molecular weight excluding hydrogens is 559 g/mol. The average molecular weight is 579 g/mol. The molecule has 0 aliphatic carbocycles. The summed E-state index contributed by atoms with van der Waals surface area (Å²) in [5.41, 5.74) is 1.97. The van der Waals surface area contributed by atoms with Crippen LogP contribution in [0.25, 0.3) is 11.3 Å². The Morgan fingerprint density at radius 1 is 0.821 bits per heavy atom. The summed E-state index contributed by atoms with van der Waals surface area (Å²) >= 11 is 11.1. The van der Waals surface area contributed by atoms with Gasteiger partial charge in [0.05, 0.1) is 5.69 Å². The minimum absolute atomic E-state index is 0.0916. The Hall–Kier alpha value is -3.76. The van der Waals surface area contributed by atoms with Gasteiger partial charge in [0.15, 0.2) is 0 Å². The number of carbonyl (C=O) groups is 2. The SMILES string of the molecule is Cc1c(-c2ccncc2)n[nH]c1N(C(=O)CCc1cc(F)c(Cl)c(F)c1)C(=O)CCc1cc(F)c(Cl)c(F)c1. The number of carbonyl (C=O) groups excluding carboxylic acids is 2. The van der Waals surface area contributed by atoms with E-state index in [4.69, 9.17) is 23.2 Å². The van der Waals surface area contributed by atoms with Gasteiger partial charge in [0.25, 0.3) is 0 Å². The van der Waals surface area contributed by atoms with Gasteiger partial charge in [-0.15, -0.1) is 0 Å². The summed E-state index contributed by atoms with van der Waals surface area (Å²) in [5.74, 6) is -5.16. The zero-order valence-electron chi connectivity index (χ0n) is 20.4. The van der Waals surface area contributed by atoms with Gasteiger partial charge < -0.3 is 0 Å². The molecule has 4 aromatic rings. The molecule has 0 radical (unpaired) electrons. The van der Waals surface area contributed by atoms with Crippen molar-refractivity contribution in [2.75, 3.05) is 4.90 Å². The van der Waals surface area contributed by atoms with Gasteiger partial charge in [0.2, 0.25) is 11.8 Å². The average Bonchev–Trinajstić information content (AvgIpc) is 3.28. The molecule has 0 aliphatic heterocycles. The predicted octanol–water partition coefficient (Wildman–Crippen LogP) is 6.77. The minimum atomic E-state index is -0.971. The fraction of sp³-hybridized carbons (Fsp3) is 0.185. The fourth-order valence-corrected chi connectivity index (χ4v) is 4.23. The third-order valence-electron chi connectivity index (χ3n) is 6.00. The molecule has 0 unspecified atom stereocenters. The van der Waals surface area contributed by atoms with Gasteiger partial charge in [0.1, 0.15) is 39.1 Å². The van der Waals surface area contributed by atoms with Crippen molar-refractivity contribution in [3.05, 3.63) is 98.8 Å². The number of imide groups is 1. The lowest BCUT2D eigenvalue weighted by Gasteiger charge is -2.20. The number of H-pyrrole nitrogens is 1. The normalized spacial score (nSPS) is 11.1. The van der Waals surface area contributed by atoms with Crippen LogP contribution in [0, 0.1) is 30.2 Å². The number of nitrogens with zero attached hydrogens (tertiary/aromatic N) is 3. The largest absolute Gasteiger partial charge is 0.274 e. The van der Waals surface area contributed by atoms with Crippen molar-refractivity contribution in [1.82, 2.24) is 15.2 Å². The van der Waals surface area contributed by atoms with Crippen LogP contribution < -0.4 is 4.90 Å². The van der Waals surface area contributed by atoms with Gasteiger partial charge in [0, 0.05) is 36.4 Å². The van der Waals surface area contributed by atoms with E-state index in [1.165, 1.54) is 0 Å². The lowest BCUT2D eigenvalue weighted by Crippen LogP contribution is -2.38. The van der Waals surface area contributed by atoms with Gasteiger partial charge in [-0.2, -0.15) is 5.10 Å². The van der Waals surface area contributed by atoms with Crippen LogP contribution in [0.4, 0.5) is 23.4 Å². The summed E-state index contributed by atoms with van der Waals surface area (Å²) in [7, 11) is 0. The number of rotatable bonds is 8. The maximum atomic E-state index is 13.9. The molecule has 6 nitrogen and oxygen atoms in total. The number of hydrogen-bond donors (Lipinski definition) is 1. The number of aryl methyl sites for hydroxylation is 2. The van der Waals surface area contributed by atoms with Crippen molar-refractivity contribution >= 4 is 40.8 Å². The van der Waals surface area contributed by atoms with Crippen molar-refractivity contribution in [1.29, 1.82) is 0 Å². The fourth-order valence-electron chi connectivity index (χ4n) is 4.02. The molecule has 0 atom stereocenters. The van der Waals surface area contributed by atoms with E-state index in [1.54, 1.807) is 31.5 Å². The lowest BCUT2D eigenvalue weighted by atomic mass is 10.1. The van der Waals surface area contributed by atoms with Crippen molar-refractivity contribution in [3.8, 4) is 11.3 Å². The Morgan fingerprint density at radius 3 is 1.69 bits per heavy atom. The Kier molecular flexibility index (Phi) is 8.66. The maximum absolute atomic E-state index is 13.9. The molecule has 0 bridgehead atoms. The zero-order chi connectivity index (χ0) is 28.3. The van der Waals surface area contributed by atoms with E-state index < -0.39 is 45.1 Å². The van der Waals surface area contributed by atoms with Crippen LogP contribution in [0.3, 0.4) is 0 Å². The number of nitrogens with one attached hydrogen (secondary N) is 1. The second kappa shape index (κ2) is 12.0. The van der Waals surface area contributed by atoms with E-state index in [2.05, 4.69) is 15.2 Å². The van der Waals surface area contributed by atoms with Crippen LogP contribution in [-0.2, 0) is 22.4 Å². The summed E-state index contributed by atoms with van der Waals surface area (Å²) in [4.78, 5) is 31.6. The first kappa shape index (κ1) is 28.3. The monoisotopic (exact) mass is 578 g/mol. The second-order valence-corrected chi connectivity index (χ2v) is 9.41. The second-order valence-electron chi connectivity index (χ2n) is 8.65. The van der Waals surface area contributed by atoms with E-state index in [-0.39, 0.29) is 42.6 Å². The molecule has 2 amide bonds. The standard InChI is InChI=1S/C27H20Cl2F4N4O2/c1-14-26(17-6-8-34-9-7-17)35-36-27(14)37(22(38)4-2-15-10-18(30)24(28)19(31)11-15)23(39)5-3-16-12-20(32)25(29)21(33)13-16/h6-13H,2-5H2,1H3,(H,35,36). The molecule has 0 saturated heterocycles. The molecule has 2 aromatic carbocycles. The van der Waals surface area contributed by atoms with Crippen LogP contribution in [-0.4, -0.2) is 27.0 Å². The predicted molar refractivity (Wildman–Crippen MR) is 138 cm³/mol. The number of anilines is 1. The van der Waals surface area contributed by atoms with E-state index in [0.717, 1.165) is 29.2 Å². The minimum Gasteiger partial charge on any atom is -0.274 e. The summed E-state index contributed by atoms with van der Waals surface area (Å²) < 4.78 is 55.5. The summed E-state index contributed by atoms with van der Waals surface area (Å²) in [6, 6.07) is 7.45. The summed E-state index contributed by atoms with van der Waals surface area (Å²) in [5, 5.41) is 5.65. The highest BCUT2D eigenvalue weighted by molar-refractivity contribution is 6.31. The van der Waals surface area contributed by atoms with E-state index in [0.29, 0.717) is 16.8 Å². The summed E-state index contributed by atoms with van der Waals surface area (Å²) in [6.45, 7) is 1.66. The Bertz CT molecular complexity index is 1430. The van der Waals surface area contributed by atoms with E-state index in [9.17, 15) is 27.2 Å². The molecule has 1 N–H and O–H groups in total. The molecule has 12 heteroatoms. The van der Waals surface area contributed by atoms with Crippen molar-refractivity contribution in [2.45, 2.75) is 32.6 Å². The van der Waals surface area contributed by atoms with Gasteiger partial charge >= 0.3 is 0 Å². The Morgan fingerprint density at radius 2 is 1.26 bits per heavy atom. The Labute approximate surface area is 230 Å². The number of pyridine rings is 1. The van der Waals surface area contributed by atoms with Gasteiger partial charge in [-0.3, -0.25) is 19.7 Å². The molecule has 39 heavy (non-hydrogen) atoms. The molecule has 2 heterocycles. The van der Waals surface area contributed by atoms with Gasteiger partial charge in [-0.1, -0.05) is 23.2 Å². The van der Waals surface area contributed by atoms with Gasteiger partial charge in [-0.25, -0.2) is 22.5 Å². The number of hydrogen-bond acceptors (Lipinski definition) is 4. The molecule has 0 aliphatic rings. The highest BCUT2D eigenvalue weighted by atomic mass is 35.5. The van der Waals surface area contributed by atoms with Crippen molar-refractivity contribution in [3.63, 3.8) is 0 Å². The number of halogens is 6. The molecule has 0 saturated carbocycles. The number of aromatic nitrogens is 3. The van der Waals surface area contributed by atoms with Crippen LogP contribution in [0.15, 0.2) is 48.8 Å². The van der Waals surface area contributed by atoms with E-state index in [1.807, 2.05) is 0 Å². The topological polar surface area (TPSA) is 79.0 Å². The lowest BCUT2D eigenvalue weighted by molar-refractivity contribution is -0.126. The van der Waals surface area contributed by atoms with Crippen LogP contribution in [0.5, 0.6) is 0 Å². The number of aromatic amines is 1. The molecular formula is C27H20Cl2F4N4O2. The molecule has 0 fully saturated rings. The van der Waals surface area contributed by atoms with Gasteiger partial charge in [-0.05, 0) is 67.3 Å². The van der Waals surface area contributed by atoms with Crippen LogP contribution >= 0.6 is 23.2 Å². The van der Waals surface area contributed by atoms with Crippen LogP contribution in [0.1, 0.15) is 29.5 Å². The van der Waals surface area contributed by atoms with Crippen LogP contribution in [0.2, 0.25) is 10.0 Å². The highest BCUT2D eigenvalue weighted by Crippen LogP contribution is 2.30. The third kappa shape index (κ3) is 6.29. The molecule has 202 valence electrons. The quantitative estimate of drug-likeness (QED) is 0.185. The zero-order valence-corrected chi connectivity index (χ0v) is 21.9. The first-order chi connectivity index (χ1) is 18.6. The number of amides is 2. The third-order valence-corrected chi connectivity index (χ3v) is 6.72. The highest BCUT2D eigenvalue weighted by Gasteiger charge is 2.28. The molecule has 0 spiro atoms. The smallest absolute Gasteiger partial charge is 0.235 e. The van der Waals surface area contributed by atoms with Crippen molar-refractivity contribution in [2.24, 2.45) is 0 Å². The molecule has 4 rings (SSSR count). The van der Waals surface area contributed by atoms with Crippen molar-refractivity contribution < 1.29 is 27.2 Å². The number of benzene rings is 2. The molecule has 2 aromatic heterocycles. The maximum Gasteiger partial charge on any atom is 0.235 e. The summed E-state index contributed by atoms with van der Waals surface area (Å²) in [6.07, 6.45) is 2.36. The first-order valence-electron chi connectivity index (χ1n) is 11.6.